The number of ether oxygens (including phenoxy) is 1. The number of nitrogens with one attached hydrogen (secondary N) is 1. The Bertz CT molecular complexity index is 2290. The van der Waals surface area contributed by atoms with Gasteiger partial charge in [-0.25, -0.2) is 35.7 Å². The van der Waals surface area contributed by atoms with Crippen LogP contribution in [0.25, 0.3) is 21.5 Å². The number of nitrogens with zero attached hydrogens (tertiary/aromatic N) is 5. The van der Waals surface area contributed by atoms with E-state index in [1.54, 1.807) is 6.07 Å². The molecule has 0 unspecified atom stereocenters. The van der Waals surface area contributed by atoms with Crippen molar-refractivity contribution in [3.8, 4) is 11.1 Å². The van der Waals surface area contributed by atoms with Crippen molar-refractivity contribution < 1.29 is 53.8 Å². The first-order chi connectivity index (χ1) is 26.0. The largest absolute Gasteiger partial charge is 0.378 e. The Morgan fingerprint density at radius 3 is 2.29 bits per heavy atom. The van der Waals surface area contributed by atoms with E-state index in [1.165, 1.54) is 23.5 Å². The highest BCUT2D eigenvalue weighted by molar-refractivity contribution is 7.22. The number of rotatable bonds is 10. The number of anilines is 1. The summed E-state index contributed by atoms with van der Waals surface area (Å²) in [5, 5.41) is 6.43. The van der Waals surface area contributed by atoms with Crippen LogP contribution in [0.1, 0.15) is 70.8 Å². The van der Waals surface area contributed by atoms with E-state index >= 15 is 8.78 Å². The van der Waals surface area contributed by atoms with Gasteiger partial charge in [-0.1, -0.05) is 17.4 Å². The lowest BCUT2D eigenvalue weighted by atomic mass is 9.89. The van der Waals surface area contributed by atoms with Crippen LogP contribution in [0, 0.1) is 17.5 Å². The molecule has 0 bridgehead atoms. The molecular formula is C36H29F9N6O3S. The molecule has 1 aliphatic carbocycles. The number of benzene rings is 2. The van der Waals surface area contributed by atoms with Gasteiger partial charge in [0.05, 0.1) is 40.8 Å². The Hall–Kier alpha value is -5.04. The lowest BCUT2D eigenvalue weighted by molar-refractivity contribution is -0.123. The molecule has 3 aromatic heterocycles. The maximum absolute atomic E-state index is 15.1. The molecule has 1 saturated heterocycles. The van der Waals surface area contributed by atoms with Gasteiger partial charge in [0.2, 0.25) is 5.91 Å². The summed E-state index contributed by atoms with van der Waals surface area (Å²) in [6.07, 6.45) is -6.92. The van der Waals surface area contributed by atoms with Gasteiger partial charge in [-0.15, -0.1) is 0 Å². The molecule has 0 radical (unpaired) electrons. The van der Waals surface area contributed by atoms with Gasteiger partial charge < -0.3 is 15.0 Å². The number of halogens is 9. The molecule has 1 fully saturated rings. The Labute approximate surface area is 310 Å². The van der Waals surface area contributed by atoms with E-state index < -0.39 is 96.2 Å². The average molecular weight is 797 g/mol. The molecule has 1 aliphatic heterocycles. The van der Waals surface area contributed by atoms with E-state index in [0.29, 0.717) is 42.2 Å². The number of hydrogen-bond donors (Lipinski definition) is 1. The highest BCUT2D eigenvalue weighted by Gasteiger charge is 2.55. The van der Waals surface area contributed by atoms with Crippen LogP contribution in [0.2, 0.25) is 0 Å². The molecule has 2 aliphatic rings. The monoisotopic (exact) mass is 796 g/mol. The zero-order chi connectivity index (χ0) is 39.4. The van der Waals surface area contributed by atoms with Crippen molar-refractivity contribution in [3.05, 3.63) is 93.7 Å². The Balaban J connectivity index is 1.36. The number of morpholine rings is 1. The number of Topliss-reactive ketones (excluding diaryl/α,β-unsaturated/α-hetero) is 1. The van der Waals surface area contributed by atoms with Gasteiger partial charge in [0, 0.05) is 37.6 Å². The number of pyridine rings is 1. The van der Waals surface area contributed by atoms with E-state index in [4.69, 9.17) is 9.72 Å². The van der Waals surface area contributed by atoms with Crippen molar-refractivity contribution in [2.45, 2.75) is 57.0 Å². The van der Waals surface area contributed by atoms with E-state index in [9.17, 15) is 40.3 Å². The van der Waals surface area contributed by atoms with Gasteiger partial charge in [0.1, 0.15) is 35.4 Å². The van der Waals surface area contributed by atoms with Crippen molar-refractivity contribution in [2.75, 3.05) is 31.2 Å². The van der Waals surface area contributed by atoms with Crippen LogP contribution in [0.3, 0.4) is 0 Å². The second-order valence-corrected chi connectivity index (χ2v) is 14.2. The minimum absolute atomic E-state index is 0.0194. The molecule has 4 heterocycles. The highest BCUT2D eigenvalue weighted by Crippen LogP contribution is 2.52. The van der Waals surface area contributed by atoms with Crippen molar-refractivity contribution >= 4 is 38.5 Å². The molecule has 0 spiro atoms. The highest BCUT2D eigenvalue weighted by atomic mass is 32.1. The number of ketones is 1. The maximum Gasteiger partial charge on any atom is 0.290 e. The van der Waals surface area contributed by atoms with Crippen molar-refractivity contribution in [1.29, 1.82) is 0 Å². The minimum atomic E-state index is -4.09. The van der Waals surface area contributed by atoms with Crippen LogP contribution in [0.4, 0.5) is 44.6 Å². The molecule has 1 atom stereocenters. The molecule has 55 heavy (non-hydrogen) atoms. The van der Waals surface area contributed by atoms with Gasteiger partial charge in [0.25, 0.3) is 18.3 Å². The van der Waals surface area contributed by atoms with Crippen LogP contribution in [-0.4, -0.2) is 57.7 Å². The number of alkyl halides is 6. The average Bonchev–Trinajstić information content (AvgIpc) is 3.73. The molecule has 19 heteroatoms. The maximum atomic E-state index is 15.1. The summed E-state index contributed by atoms with van der Waals surface area (Å²) in [5.74, 6) is -12.7. The summed E-state index contributed by atoms with van der Waals surface area (Å²) >= 11 is 1.25. The Morgan fingerprint density at radius 2 is 1.62 bits per heavy atom. The van der Waals surface area contributed by atoms with Crippen LogP contribution < -0.4 is 10.2 Å². The third kappa shape index (κ3) is 7.63. The van der Waals surface area contributed by atoms with E-state index in [2.05, 4.69) is 15.4 Å². The van der Waals surface area contributed by atoms with Gasteiger partial charge in [-0.2, -0.15) is 18.9 Å². The minimum Gasteiger partial charge on any atom is -0.378 e. The van der Waals surface area contributed by atoms with Crippen molar-refractivity contribution in [3.63, 3.8) is 0 Å². The van der Waals surface area contributed by atoms with Gasteiger partial charge in [-0.05, 0) is 54.8 Å². The predicted molar refractivity (Wildman–Crippen MR) is 181 cm³/mol. The van der Waals surface area contributed by atoms with Crippen LogP contribution in [-0.2, 0) is 34.3 Å². The van der Waals surface area contributed by atoms with E-state index in [-0.39, 0.29) is 38.3 Å². The number of aromatic nitrogens is 4. The number of carbonyl (C=O) groups is 2. The number of amides is 1. The molecule has 1 amide bonds. The van der Waals surface area contributed by atoms with Crippen LogP contribution >= 0.6 is 11.3 Å². The van der Waals surface area contributed by atoms with Gasteiger partial charge in [-0.3, -0.25) is 14.3 Å². The van der Waals surface area contributed by atoms with Gasteiger partial charge in [0.15, 0.2) is 16.6 Å². The lowest BCUT2D eigenvalue weighted by Crippen LogP contribution is -2.37. The first-order valence-corrected chi connectivity index (χ1v) is 17.7. The Kier molecular flexibility index (Phi) is 10.1. The van der Waals surface area contributed by atoms with E-state index in [0.717, 1.165) is 25.1 Å². The van der Waals surface area contributed by atoms with Gasteiger partial charge >= 0.3 is 0 Å². The third-order valence-corrected chi connectivity index (χ3v) is 10.4. The zero-order valence-corrected chi connectivity index (χ0v) is 29.4. The second kappa shape index (κ2) is 14.6. The third-order valence-electron chi connectivity index (χ3n) is 9.31. The fourth-order valence-corrected chi connectivity index (χ4v) is 7.81. The number of fused-ring (bicyclic) bond motifs is 2. The molecular weight excluding hydrogens is 767 g/mol. The lowest BCUT2D eigenvalue weighted by Gasteiger charge is -2.29. The normalized spacial score (nSPS) is 17.0. The second-order valence-electron chi connectivity index (χ2n) is 13.2. The SMILES string of the molecule is CC(=O)c1cc(-c2cc3sc(N4CCOCC4)nc3nc2[C@H](Cc2cc(F)cc(F)c2)NC(=O)Cn2nc(C(F)F)c3c2C(F)(F)CCC3(F)F)ccc1F. The van der Waals surface area contributed by atoms with Crippen molar-refractivity contribution in [1.82, 2.24) is 25.1 Å². The molecule has 0 saturated carbocycles. The Morgan fingerprint density at radius 1 is 0.927 bits per heavy atom. The summed E-state index contributed by atoms with van der Waals surface area (Å²) in [7, 11) is 0. The first-order valence-electron chi connectivity index (χ1n) is 16.9. The topological polar surface area (TPSA) is 102 Å². The molecule has 1 N–H and O–H groups in total. The summed E-state index contributed by atoms with van der Waals surface area (Å²) in [4.78, 5) is 37.4. The quantitative estimate of drug-likeness (QED) is 0.113. The summed E-state index contributed by atoms with van der Waals surface area (Å²) in [6, 6.07) is 6.37. The molecule has 2 aromatic carbocycles. The molecule has 7 rings (SSSR count). The number of thiazole rings is 1. The van der Waals surface area contributed by atoms with Crippen molar-refractivity contribution in [2.24, 2.45) is 0 Å². The standard InChI is InChI=1S/C36H29F9N6O3S/c1-17(52)22-13-19(2-3-24(22)39)23-15-26-33(48-34(55-26)50-6-8-54-9-7-50)47-29(23)25(12-18-10-20(37)14-21(38)11-18)46-27(53)16-51-31-28(30(49-51)32(40)41)35(42,43)4-5-36(31,44)45/h2-3,10-11,13-15,25,32H,4-9,12,16H2,1H3,(H,46,53)/t25-/m0/s1. The zero-order valence-electron chi connectivity index (χ0n) is 28.6. The first kappa shape index (κ1) is 38.2. The molecule has 9 nitrogen and oxygen atoms in total. The van der Waals surface area contributed by atoms with Crippen LogP contribution in [0.15, 0.2) is 42.5 Å². The molecule has 290 valence electrons. The van der Waals surface area contributed by atoms with Crippen LogP contribution in [0.5, 0.6) is 0 Å². The number of hydrogen-bond acceptors (Lipinski definition) is 8. The van der Waals surface area contributed by atoms with E-state index in [1.807, 2.05) is 4.90 Å². The fourth-order valence-electron chi connectivity index (χ4n) is 6.81. The summed E-state index contributed by atoms with van der Waals surface area (Å²) in [5.41, 5.74) is -4.51. The molecule has 5 aromatic rings. The fraction of sp³-hybridized carbons (Fsp3) is 0.361. The summed E-state index contributed by atoms with van der Waals surface area (Å²) in [6.45, 7) is 1.80. The summed E-state index contributed by atoms with van der Waals surface area (Å²) < 4.78 is 138. The smallest absolute Gasteiger partial charge is 0.290 e. The number of carbonyl (C=O) groups excluding carboxylic acids is 2. The predicted octanol–water partition coefficient (Wildman–Crippen LogP) is 8.03.